The number of carboxylic acid groups (broad SMARTS) is 1. The molecule has 31 heavy (non-hydrogen) atoms. The van der Waals surface area contributed by atoms with Gasteiger partial charge < -0.3 is 21.3 Å². The summed E-state index contributed by atoms with van der Waals surface area (Å²) >= 11 is 0. The van der Waals surface area contributed by atoms with Crippen LogP contribution >= 0.6 is 0 Å². The van der Waals surface area contributed by atoms with Gasteiger partial charge in [0.05, 0.1) is 13.2 Å². The van der Waals surface area contributed by atoms with Crippen LogP contribution in [0.5, 0.6) is 0 Å². The number of esters is 1. The zero-order valence-electron chi connectivity index (χ0n) is 18.4. The van der Waals surface area contributed by atoms with Crippen LogP contribution in [0.4, 0.5) is 0 Å². The van der Waals surface area contributed by atoms with Crippen molar-refractivity contribution in [2.45, 2.75) is 70.0 Å². The Kier molecular flexibility index (Phi) is 9.61. The van der Waals surface area contributed by atoms with Crippen molar-refractivity contribution in [3.63, 3.8) is 0 Å². The first-order chi connectivity index (χ1) is 14.9. The van der Waals surface area contributed by atoms with Gasteiger partial charge in [-0.25, -0.2) is 18.9 Å². The van der Waals surface area contributed by atoms with Crippen molar-refractivity contribution in [3.8, 4) is 0 Å². The molecule has 1 saturated heterocycles. The van der Waals surface area contributed by atoms with E-state index in [1.807, 2.05) is 30.3 Å². The third-order valence-electron chi connectivity index (χ3n) is 6.21. The van der Waals surface area contributed by atoms with Gasteiger partial charge in [-0.2, -0.15) is 0 Å². The highest BCUT2D eigenvalue weighted by Crippen LogP contribution is 2.35. The summed E-state index contributed by atoms with van der Waals surface area (Å²) in [6, 6.07) is 6.87. The molecule has 0 saturated carbocycles. The fourth-order valence-electron chi connectivity index (χ4n) is 4.71. The van der Waals surface area contributed by atoms with Crippen LogP contribution in [0.3, 0.4) is 0 Å². The Labute approximate surface area is 184 Å². The van der Waals surface area contributed by atoms with Crippen LogP contribution in [-0.2, 0) is 25.5 Å². The Morgan fingerprint density at radius 1 is 1.19 bits per heavy atom. The van der Waals surface area contributed by atoms with Gasteiger partial charge in [-0.1, -0.05) is 30.3 Å². The van der Waals surface area contributed by atoms with E-state index in [0.29, 0.717) is 45.1 Å². The van der Waals surface area contributed by atoms with Gasteiger partial charge in [-0.3, -0.25) is 0 Å². The van der Waals surface area contributed by atoms with E-state index in [0.717, 1.165) is 12.0 Å². The Morgan fingerprint density at radius 3 is 2.52 bits per heavy atom. The fraction of sp³-hybridized carbons (Fsp3) is 0.609. The number of ether oxygens (including phenoxy) is 1. The molecule has 0 bridgehead atoms. The number of hydrogen-bond acceptors (Lipinski definition) is 6. The number of unbranched alkanes of at least 4 members (excludes halogenated alkanes) is 1. The molecule has 2 unspecified atom stereocenters. The van der Waals surface area contributed by atoms with Gasteiger partial charge in [0.15, 0.2) is 12.1 Å². The van der Waals surface area contributed by atoms with Crippen LogP contribution < -0.4 is 11.5 Å². The molecule has 8 heteroatoms. The van der Waals surface area contributed by atoms with E-state index < -0.39 is 34.5 Å². The van der Waals surface area contributed by atoms with Gasteiger partial charge in [-0.15, -0.1) is 0 Å². The zero-order valence-corrected chi connectivity index (χ0v) is 18.4. The average molecular weight is 435 g/mol. The van der Waals surface area contributed by atoms with E-state index >= 15 is 0 Å². The van der Waals surface area contributed by atoms with E-state index in [1.165, 1.54) is 0 Å². The molecule has 1 amide bonds. The summed E-state index contributed by atoms with van der Waals surface area (Å²) in [5.41, 5.74) is 12.8. The van der Waals surface area contributed by atoms with Gasteiger partial charge >= 0.3 is 17.8 Å². The van der Waals surface area contributed by atoms with Crippen molar-refractivity contribution in [2.75, 3.05) is 19.7 Å². The molecule has 2 rings (SSSR count). The molecule has 1 aliphatic rings. The number of aliphatic carboxylic acids is 1. The van der Waals surface area contributed by atoms with Crippen LogP contribution in [0.1, 0.15) is 51.0 Å². The number of carboxylic acids is 1. The number of rotatable bonds is 12. The standard InChI is InChI=1S/C23H35N3O5/c1-2-31-23(30)20(14-13-17-9-4-3-5-10-17)26(16-8-12-19(26)22(28)29)21(27)18(25)11-6-7-15-24/h3-5,9-10,18-20H,2,6-8,11-16,24-25H2,1H3/p+1/t18-,19-,20?,26?/m0/s1. The summed E-state index contributed by atoms with van der Waals surface area (Å²) in [4.78, 5) is 38.9. The monoisotopic (exact) mass is 434 g/mol. The Balaban J connectivity index is 2.41. The van der Waals surface area contributed by atoms with Crippen molar-refractivity contribution < 1.29 is 28.7 Å². The van der Waals surface area contributed by atoms with Gasteiger partial charge in [0, 0.05) is 19.3 Å². The van der Waals surface area contributed by atoms with Crippen molar-refractivity contribution in [3.05, 3.63) is 35.9 Å². The minimum Gasteiger partial charge on any atom is -0.477 e. The molecule has 0 radical (unpaired) electrons. The molecule has 172 valence electrons. The molecule has 1 fully saturated rings. The minimum absolute atomic E-state index is 0.162. The molecule has 0 spiro atoms. The lowest BCUT2D eigenvalue weighted by Crippen LogP contribution is -2.70. The third-order valence-corrected chi connectivity index (χ3v) is 6.21. The molecular weight excluding hydrogens is 398 g/mol. The molecule has 0 aliphatic carbocycles. The maximum absolute atomic E-state index is 13.7. The van der Waals surface area contributed by atoms with Gasteiger partial charge in [0.25, 0.3) is 0 Å². The lowest BCUT2D eigenvalue weighted by molar-refractivity contribution is -0.875. The highest BCUT2D eigenvalue weighted by molar-refractivity contribution is 5.85. The maximum Gasteiger partial charge on any atom is 0.365 e. The summed E-state index contributed by atoms with van der Waals surface area (Å²) in [6.45, 7) is 2.64. The lowest BCUT2D eigenvalue weighted by atomic mass is 9.97. The van der Waals surface area contributed by atoms with E-state index in [4.69, 9.17) is 16.2 Å². The van der Waals surface area contributed by atoms with Gasteiger partial charge in [0.1, 0.15) is 6.04 Å². The highest BCUT2D eigenvalue weighted by atomic mass is 16.5. The second kappa shape index (κ2) is 11.9. The molecule has 1 aliphatic heterocycles. The quantitative estimate of drug-likeness (QED) is 0.258. The smallest absolute Gasteiger partial charge is 0.365 e. The van der Waals surface area contributed by atoms with Crippen molar-refractivity contribution in [1.82, 2.24) is 0 Å². The Bertz CT molecular complexity index is 742. The second-order valence-electron chi connectivity index (χ2n) is 8.17. The number of nitrogens with two attached hydrogens (primary N) is 2. The molecule has 5 N–H and O–H groups in total. The number of carbonyl (C=O) groups is 3. The van der Waals surface area contributed by atoms with E-state index in [-0.39, 0.29) is 19.1 Å². The first-order valence-corrected chi connectivity index (χ1v) is 11.2. The molecule has 0 aromatic heterocycles. The second-order valence-corrected chi connectivity index (χ2v) is 8.17. The van der Waals surface area contributed by atoms with Crippen molar-refractivity contribution in [2.24, 2.45) is 11.5 Å². The summed E-state index contributed by atoms with van der Waals surface area (Å²) < 4.78 is 4.88. The van der Waals surface area contributed by atoms with E-state index in [9.17, 15) is 19.5 Å². The predicted octanol–water partition coefficient (Wildman–Crippen LogP) is 1.60. The number of aryl methyl sites for hydroxylation is 1. The number of carbonyl (C=O) groups excluding carboxylic acids is 2. The Morgan fingerprint density at radius 2 is 1.90 bits per heavy atom. The van der Waals surface area contributed by atoms with Crippen molar-refractivity contribution in [1.29, 1.82) is 0 Å². The maximum atomic E-state index is 13.7. The number of likely N-dealkylation sites (tertiary alicyclic amines) is 1. The van der Waals surface area contributed by atoms with E-state index in [2.05, 4.69) is 0 Å². The van der Waals surface area contributed by atoms with Crippen LogP contribution in [0, 0.1) is 0 Å². The van der Waals surface area contributed by atoms with Gasteiger partial charge in [-0.05, 0) is 44.7 Å². The lowest BCUT2D eigenvalue weighted by Gasteiger charge is -2.42. The topological polar surface area (TPSA) is 133 Å². The molecule has 1 heterocycles. The summed E-state index contributed by atoms with van der Waals surface area (Å²) in [6.07, 6.45) is 3.54. The predicted molar refractivity (Wildman–Crippen MR) is 117 cm³/mol. The number of quaternary nitrogens is 1. The van der Waals surface area contributed by atoms with E-state index in [1.54, 1.807) is 6.92 Å². The minimum atomic E-state index is -1.07. The zero-order chi connectivity index (χ0) is 22.9. The Hall–Kier alpha value is -2.29. The summed E-state index contributed by atoms with van der Waals surface area (Å²) in [7, 11) is 0. The highest BCUT2D eigenvalue weighted by Gasteiger charge is 2.60. The number of nitrogens with zero attached hydrogens (tertiary/aromatic N) is 1. The van der Waals surface area contributed by atoms with Crippen molar-refractivity contribution >= 4 is 17.8 Å². The molecular formula is C23H36N3O5+. The normalized spacial score (nSPS) is 22.6. The number of amides is 1. The average Bonchev–Trinajstić information content (AvgIpc) is 3.20. The SMILES string of the molecule is CCOC(=O)C(CCc1ccccc1)[N+]1(C(=O)[C@@H](N)CCCCN)CCC[C@H]1C(=O)O. The third kappa shape index (κ3) is 5.90. The fourth-order valence-corrected chi connectivity index (χ4v) is 4.71. The molecule has 8 nitrogen and oxygen atoms in total. The summed E-state index contributed by atoms with van der Waals surface area (Å²) in [5.74, 6) is -1.99. The molecule has 1 aromatic carbocycles. The first kappa shape index (κ1) is 25.0. The molecule has 4 atom stereocenters. The van der Waals surface area contributed by atoms with Crippen LogP contribution in [0.25, 0.3) is 0 Å². The summed E-state index contributed by atoms with van der Waals surface area (Å²) in [5, 5.41) is 9.96. The largest absolute Gasteiger partial charge is 0.477 e. The molecule has 1 aromatic rings. The van der Waals surface area contributed by atoms with Gasteiger partial charge in [0.2, 0.25) is 0 Å². The van der Waals surface area contributed by atoms with Crippen LogP contribution in [0.2, 0.25) is 0 Å². The van der Waals surface area contributed by atoms with Crippen LogP contribution in [-0.4, -0.2) is 65.3 Å². The first-order valence-electron chi connectivity index (χ1n) is 11.2. The number of benzene rings is 1. The number of hydrogen-bond donors (Lipinski definition) is 3. The van der Waals surface area contributed by atoms with Crippen LogP contribution in [0.15, 0.2) is 30.3 Å².